The Morgan fingerprint density at radius 1 is 1.18 bits per heavy atom. The topological polar surface area (TPSA) is 115 Å². The summed E-state index contributed by atoms with van der Waals surface area (Å²) < 4.78 is 38.7. The highest BCUT2D eigenvalue weighted by molar-refractivity contribution is 7.91. The molecule has 3 rings (SSSR count). The predicted molar refractivity (Wildman–Crippen MR) is 107 cm³/mol. The van der Waals surface area contributed by atoms with Crippen LogP contribution >= 0.6 is 0 Å². The third-order valence-corrected chi connectivity index (χ3v) is 5.84. The fourth-order valence-corrected chi connectivity index (χ4v) is 3.57. The summed E-state index contributed by atoms with van der Waals surface area (Å²) >= 11 is 0. The summed E-state index contributed by atoms with van der Waals surface area (Å²) in [5, 5.41) is 0. The van der Waals surface area contributed by atoms with E-state index >= 15 is 0 Å². The van der Waals surface area contributed by atoms with Crippen LogP contribution in [0.15, 0.2) is 42.6 Å². The molecule has 0 fully saturated rings. The number of benzene rings is 1. The van der Waals surface area contributed by atoms with Gasteiger partial charge in [0.15, 0.2) is 5.82 Å². The lowest BCUT2D eigenvalue weighted by Gasteiger charge is -2.11. The third kappa shape index (κ3) is 4.42. The highest BCUT2D eigenvalue weighted by Gasteiger charge is 2.14. The summed E-state index contributed by atoms with van der Waals surface area (Å²) in [5.41, 5.74) is 8.13. The van der Waals surface area contributed by atoms with Crippen LogP contribution in [-0.4, -0.2) is 32.0 Å². The van der Waals surface area contributed by atoms with Crippen molar-refractivity contribution in [3.05, 3.63) is 54.0 Å². The molecule has 1 aromatic carbocycles. The van der Waals surface area contributed by atoms with Crippen LogP contribution < -0.4 is 10.5 Å². The van der Waals surface area contributed by atoms with Crippen molar-refractivity contribution in [1.29, 1.82) is 4.78 Å². The number of pyridine rings is 1. The number of nitrogens with one attached hydrogen (secondary N) is 1. The summed E-state index contributed by atoms with van der Waals surface area (Å²) in [5.74, 6) is 0.788. The number of rotatable bonds is 6. The lowest BCUT2D eigenvalue weighted by atomic mass is 10.1. The molecule has 0 aliphatic heterocycles. The molecule has 9 heteroatoms. The van der Waals surface area contributed by atoms with Gasteiger partial charge in [0.25, 0.3) is 0 Å². The quantitative estimate of drug-likeness (QED) is 0.653. The number of hydrogen-bond donors (Lipinski definition) is 2. The Hall–Kier alpha value is -3.07. The van der Waals surface area contributed by atoms with E-state index in [0.29, 0.717) is 28.3 Å². The fourth-order valence-electron chi connectivity index (χ4n) is 2.65. The Balaban J connectivity index is 2.06. The Morgan fingerprint density at radius 3 is 2.68 bits per heavy atom. The number of nitrogens with zero attached hydrogens (tertiary/aromatic N) is 3. The number of aromatic nitrogens is 3. The van der Waals surface area contributed by atoms with Gasteiger partial charge in [0.2, 0.25) is 0 Å². The maximum absolute atomic E-state index is 13.5. The Labute approximate surface area is 162 Å². The monoisotopic (exact) mass is 401 g/mol. The molecule has 3 N–H and O–H groups in total. The Kier molecular flexibility index (Phi) is 5.55. The molecule has 0 aliphatic rings. The smallest absolute Gasteiger partial charge is 0.180 e. The largest absolute Gasteiger partial charge is 0.496 e. The molecular formula is C19H20FN5O2S. The first-order chi connectivity index (χ1) is 13.3. The average Bonchev–Trinajstić information content (AvgIpc) is 2.67. The number of anilines is 1. The molecule has 146 valence electrons. The number of methoxy groups -OCH3 is 1. The van der Waals surface area contributed by atoms with Crippen LogP contribution in [0.25, 0.3) is 22.8 Å². The predicted octanol–water partition coefficient (Wildman–Crippen LogP) is 3.50. The highest BCUT2D eigenvalue weighted by Crippen LogP contribution is 2.31. The molecule has 7 nitrogen and oxygen atoms in total. The van der Waals surface area contributed by atoms with Crippen molar-refractivity contribution < 1.29 is 13.3 Å². The van der Waals surface area contributed by atoms with Gasteiger partial charge in [-0.15, -0.1) is 0 Å². The zero-order valence-corrected chi connectivity index (χ0v) is 16.3. The van der Waals surface area contributed by atoms with Gasteiger partial charge in [0.1, 0.15) is 23.1 Å². The Morgan fingerprint density at radius 2 is 1.96 bits per heavy atom. The van der Waals surface area contributed by atoms with E-state index in [1.807, 2.05) is 0 Å². The summed E-state index contributed by atoms with van der Waals surface area (Å²) in [6.07, 6.45) is 1.56. The summed E-state index contributed by atoms with van der Waals surface area (Å²) in [6.45, 7) is 1.72. The highest BCUT2D eigenvalue weighted by atomic mass is 32.2. The minimum atomic E-state index is -2.69. The second-order valence-electron chi connectivity index (χ2n) is 6.14. The van der Waals surface area contributed by atoms with E-state index < -0.39 is 15.5 Å². The second-order valence-corrected chi connectivity index (χ2v) is 8.63. The molecule has 2 aromatic heterocycles. The van der Waals surface area contributed by atoms with Gasteiger partial charge in [0, 0.05) is 39.4 Å². The van der Waals surface area contributed by atoms with Gasteiger partial charge in [-0.2, -0.15) is 0 Å². The van der Waals surface area contributed by atoms with Gasteiger partial charge >= 0.3 is 0 Å². The Bertz CT molecular complexity index is 1120. The molecule has 3 aromatic rings. The molecule has 0 amide bonds. The van der Waals surface area contributed by atoms with Gasteiger partial charge in [-0.25, -0.2) is 18.6 Å². The van der Waals surface area contributed by atoms with Gasteiger partial charge in [-0.3, -0.25) is 9.76 Å². The minimum absolute atomic E-state index is 0.125. The molecule has 0 radical (unpaired) electrons. The number of nitrogen functional groups attached to an aromatic ring is 1. The van der Waals surface area contributed by atoms with Crippen LogP contribution in [0, 0.1) is 10.6 Å². The summed E-state index contributed by atoms with van der Waals surface area (Å²) in [7, 11) is -1.24. The summed E-state index contributed by atoms with van der Waals surface area (Å²) in [6, 6.07) is 9.11. The van der Waals surface area contributed by atoms with Crippen molar-refractivity contribution in [1.82, 2.24) is 15.0 Å². The number of halogens is 1. The maximum atomic E-state index is 13.5. The lowest BCUT2D eigenvalue weighted by Crippen LogP contribution is -2.05. The van der Waals surface area contributed by atoms with Crippen molar-refractivity contribution in [3.8, 4) is 28.5 Å². The van der Waals surface area contributed by atoms with E-state index in [2.05, 4.69) is 15.0 Å². The molecule has 2 heterocycles. The van der Waals surface area contributed by atoms with E-state index in [0.717, 1.165) is 0 Å². The van der Waals surface area contributed by atoms with E-state index in [1.54, 1.807) is 37.4 Å². The number of ether oxygens (including phenoxy) is 1. The van der Waals surface area contributed by atoms with Gasteiger partial charge in [-0.1, -0.05) is 6.92 Å². The zero-order chi connectivity index (χ0) is 20.3. The first-order valence-electron chi connectivity index (χ1n) is 8.49. The zero-order valence-electron chi connectivity index (χ0n) is 15.5. The molecule has 0 saturated heterocycles. The van der Waals surface area contributed by atoms with Gasteiger partial charge in [0.05, 0.1) is 18.6 Å². The minimum Gasteiger partial charge on any atom is -0.496 e. The SMILES string of the molecule is CCS(=N)(=O)Cc1ccnc(-c2nc(N)cc(-c3ccc(F)cc3OC)n2)c1. The molecule has 1 unspecified atom stereocenters. The lowest BCUT2D eigenvalue weighted by molar-refractivity contribution is 0.413. The van der Waals surface area contributed by atoms with Crippen molar-refractivity contribution >= 4 is 15.5 Å². The normalized spacial score (nSPS) is 13.1. The molecule has 0 aliphatic carbocycles. The van der Waals surface area contributed by atoms with Crippen molar-refractivity contribution in [2.45, 2.75) is 12.7 Å². The second kappa shape index (κ2) is 7.89. The number of nitrogens with two attached hydrogens (primary N) is 1. The van der Waals surface area contributed by atoms with E-state index in [4.69, 9.17) is 15.3 Å². The van der Waals surface area contributed by atoms with E-state index in [9.17, 15) is 8.60 Å². The van der Waals surface area contributed by atoms with Crippen molar-refractivity contribution in [2.75, 3.05) is 18.6 Å². The van der Waals surface area contributed by atoms with Gasteiger partial charge in [-0.05, 0) is 29.8 Å². The standard InChI is InChI=1S/C19H20FN5O2S/c1-3-28(22,26)11-12-6-7-23-16(8-12)19-24-15(10-18(21)25-19)14-5-4-13(20)9-17(14)27-2/h4-10,22H,3,11H2,1-2H3,(H2,21,24,25). The first kappa shape index (κ1) is 19.7. The molecule has 1 atom stereocenters. The van der Waals surface area contributed by atoms with Crippen LogP contribution in [0.1, 0.15) is 12.5 Å². The number of hydrogen-bond acceptors (Lipinski definition) is 7. The van der Waals surface area contributed by atoms with E-state index in [-0.39, 0.29) is 23.1 Å². The van der Waals surface area contributed by atoms with Crippen LogP contribution in [0.2, 0.25) is 0 Å². The van der Waals surface area contributed by atoms with E-state index in [1.165, 1.54) is 19.2 Å². The van der Waals surface area contributed by atoms with Crippen LogP contribution in [0.5, 0.6) is 5.75 Å². The summed E-state index contributed by atoms with van der Waals surface area (Å²) in [4.78, 5) is 13.0. The van der Waals surface area contributed by atoms with Crippen LogP contribution in [0.4, 0.5) is 10.2 Å². The third-order valence-electron chi connectivity index (χ3n) is 4.11. The molecular weight excluding hydrogens is 381 g/mol. The first-order valence-corrected chi connectivity index (χ1v) is 10.4. The van der Waals surface area contributed by atoms with Crippen molar-refractivity contribution in [3.63, 3.8) is 0 Å². The van der Waals surface area contributed by atoms with Crippen LogP contribution in [0.3, 0.4) is 0 Å². The molecule has 0 spiro atoms. The molecule has 0 saturated carbocycles. The fraction of sp³-hybridized carbons (Fsp3) is 0.211. The van der Waals surface area contributed by atoms with Crippen LogP contribution in [-0.2, 0) is 15.5 Å². The molecule has 28 heavy (non-hydrogen) atoms. The van der Waals surface area contributed by atoms with Crippen molar-refractivity contribution in [2.24, 2.45) is 0 Å². The average molecular weight is 401 g/mol. The maximum Gasteiger partial charge on any atom is 0.180 e. The molecule has 0 bridgehead atoms. The van der Waals surface area contributed by atoms with Gasteiger partial charge < -0.3 is 10.5 Å².